The molecule has 0 spiro atoms. The van der Waals surface area contributed by atoms with Crippen LogP contribution in [0.25, 0.3) is 0 Å². The van der Waals surface area contributed by atoms with Crippen molar-refractivity contribution in [2.45, 2.75) is 77.3 Å². The van der Waals surface area contributed by atoms with Crippen molar-refractivity contribution in [1.82, 2.24) is 5.32 Å². The highest BCUT2D eigenvalue weighted by Gasteiger charge is 2.44. The summed E-state index contributed by atoms with van der Waals surface area (Å²) < 4.78 is 0. The molecule has 150 valence electrons. The van der Waals surface area contributed by atoms with Gasteiger partial charge in [0.2, 0.25) is 0 Å². The summed E-state index contributed by atoms with van der Waals surface area (Å²) in [6.45, 7) is 7.35. The third-order valence-corrected chi connectivity index (χ3v) is 7.88. The lowest BCUT2D eigenvalue weighted by atomic mass is 9.57. The fraction of sp³-hybridized carbons (Fsp3) is 0.556. The van der Waals surface area contributed by atoms with Crippen LogP contribution in [0.15, 0.2) is 72.4 Å². The van der Waals surface area contributed by atoms with E-state index in [1.54, 1.807) is 5.57 Å². The first-order valence-corrected chi connectivity index (χ1v) is 11.3. The van der Waals surface area contributed by atoms with Crippen molar-refractivity contribution in [3.8, 4) is 0 Å². The highest BCUT2D eigenvalue weighted by Crippen LogP contribution is 2.53. The molecular weight excluding hydrogens is 338 g/mol. The molecule has 0 fully saturated rings. The molecule has 0 heterocycles. The maximum atomic E-state index is 4.01. The van der Waals surface area contributed by atoms with Crippen LogP contribution in [0.3, 0.4) is 0 Å². The van der Waals surface area contributed by atoms with Crippen molar-refractivity contribution >= 4 is 0 Å². The van der Waals surface area contributed by atoms with Crippen LogP contribution in [0.5, 0.6) is 0 Å². The molecule has 0 aromatic heterocycles. The van der Waals surface area contributed by atoms with Gasteiger partial charge in [0.15, 0.2) is 0 Å². The molecule has 0 amide bonds. The van der Waals surface area contributed by atoms with Crippen LogP contribution >= 0.6 is 0 Å². The Balaban J connectivity index is 1.62. The normalized spacial score (nSPS) is 42.6. The second-order valence-corrected chi connectivity index (χ2v) is 10.0. The van der Waals surface area contributed by atoms with Gasteiger partial charge in [-0.3, -0.25) is 0 Å². The standard InChI is InChI=1S/C27H37N/c1-25(17-9-5-10-18-25)26(2)19-12-13-22(21-26)24-16-8-11-20-27(24,3)28-23-14-6-4-7-15-23/h5-6,8-11,14,16-17,20-21,23-24,28H,4,7,12-13,15,18-19H2,1-3H3/t23?,24?,25?,26-,27?/m0/s1. The van der Waals surface area contributed by atoms with Crippen LogP contribution in [0, 0.1) is 16.7 Å². The van der Waals surface area contributed by atoms with Crippen molar-refractivity contribution < 1.29 is 0 Å². The van der Waals surface area contributed by atoms with E-state index >= 15 is 0 Å². The molecule has 28 heavy (non-hydrogen) atoms. The molecule has 4 aliphatic carbocycles. The van der Waals surface area contributed by atoms with Crippen LogP contribution in [0.2, 0.25) is 0 Å². The Hall–Kier alpha value is -1.60. The van der Waals surface area contributed by atoms with Gasteiger partial charge >= 0.3 is 0 Å². The van der Waals surface area contributed by atoms with Crippen LogP contribution in [0.4, 0.5) is 0 Å². The fourth-order valence-electron chi connectivity index (χ4n) is 5.77. The van der Waals surface area contributed by atoms with Gasteiger partial charge in [0.05, 0.1) is 0 Å². The molecule has 0 aliphatic heterocycles. The minimum absolute atomic E-state index is 0.00556. The number of hydrogen-bond donors (Lipinski definition) is 1. The van der Waals surface area contributed by atoms with Crippen molar-refractivity contribution in [3.05, 3.63) is 72.4 Å². The largest absolute Gasteiger partial charge is 0.301 e. The van der Waals surface area contributed by atoms with Gasteiger partial charge in [0.25, 0.3) is 0 Å². The molecule has 0 aromatic rings. The average Bonchev–Trinajstić information content (AvgIpc) is 2.69. The lowest BCUT2D eigenvalue weighted by Gasteiger charge is -2.49. The second-order valence-electron chi connectivity index (χ2n) is 10.0. The van der Waals surface area contributed by atoms with E-state index in [0.717, 1.165) is 6.42 Å². The zero-order valence-corrected chi connectivity index (χ0v) is 18.0. The summed E-state index contributed by atoms with van der Waals surface area (Å²) in [4.78, 5) is 0. The summed E-state index contributed by atoms with van der Waals surface area (Å²) in [6.07, 6.45) is 34.7. The highest BCUT2D eigenvalue weighted by molar-refractivity contribution is 5.35. The number of nitrogens with one attached hydrogen (secondary N) is 1. The van der Waals surface area contributed by atoms with Crippen molar-refractivity contribution in [3.63, 3.8) is 0 Å². The Morgan fingerprint density at radius 3 is 2.50 bits per heavy atom. The summed E-state index contributed by atoms with van der Waals surface area (Å²) in [5, 5.41) is 4.01. The molecular formula is C27H37N. The molecule has 5 atom stereocenters. The van der Waals surface area contributed by atoms with Crippen LogP contribution in [0.1, 0.15) is 65.7 Å². The zero-order chi connectivity index (χ0) is 19.7. The summed E-state index contributed by atoms with van der Waals surface area (Å²) >= 11 is 0. The van der Waals surface area contributed by atoms with Gasteiger partial charge in [0.1, 0.15) is 0 Å². The van der Waals surface area contributed by atoms with E-state index in [9.17, 15) is 0 Å². The molecule has 1 heteroatoms. The molecule has 1 N–H and O–H groups in total. The molecule has 0 saturated heterocycles. The molecule has 4 unspecified atom stereocenters. The van der Waals surface area contributed by atoms with Gasteiger partial charge in [-0.1, -0.05) is 86.3 Å². The van der Waals surface area contributed by atoms with Crippen LogP contribution in [-0.4, -0.2) is 11.6 Å². The Morgan fingerprint density at radius 1 is 0.893 bits per heavy atom. The van der Waals surface area contributed by atoms with E-state index in [0.29, 0.717) is 12.0 Å². The summed E-state index contributed by atoms with van der Waals surface area (Å²) in [7, 11) is 0. The molecule has 0 saturated carbocycles. The van der Waals surface area contributed by atoms with Crippen molar-refractivity contribution in [2.75, 3.05) is 0 Å². The number of rotatable bonds is 4. The quantitative estimate of drug-likeness (QED) is 0.531. The van der Waals surface area contributed by atoms with Gasteiger partial charge < -0.3 is 5.32 Å². The predicted octanol–water partition coefficient (Wildman–Crippen LogP) is 6.82. The SMILES string of the molecule is CC1(NC2C=CCCC2)C=CC=CC1C1=C[C@@](C)(C2(C)C=CC=CC2)CCC1. The van der Waals surface area contributed by atoms with Gasteiger partial charge in [-0.05, 0) is 62.7 Å². The van der Waals surface area contributed by atoms with Gasteiger partial charge in [-0.2, -0.15) is 0 Å². The first-order valence-electron chi connectivity index (χ1n) is 11.3. The molecule has 0 aromatic carbocycles. The minimum atomic E-state index is -0.00556. The lowest BCUT2D eigenvalue weighted by Crippen LogP contribution is -2.52. The Labute approximate surface area is 172 Å². The van der Waals surface area contributed by atoms with E-state index in [2.05, 4.69) is 92.9 Å². The number of hydrogen-bond acceptors (Lipinski definition) is 1. The highest BCUT2D eigenvalue weighted by atomic mass is 15.0. The summed E-state index contributed by atoms with van der Waals surface area (Å²) in [5.41, 5.74) is 2.07. The van der Waals surface area contributed by atoms with E-state index in [1.807, 2.05) is 0 Å². The van der Waals surface area contributed by atoms with Gasteiger partial charge in [-0.25, -0.2) is 0 Å². The fourth-order valence-corrected chi connectivity index (χ4v) is 5.77. The van der Waals surface area contributed by atoms with E-state index in [1.165, 1.54) is 38.5 Å². The first-order chi connectivity index (χ1) is 13.4. The monoisotopic (exact) mass is 375 g/mol. The van der Waals surface area contributed by atoms with E-state index in [4.69, 9.17) is 0 Å². The predicted molar refractivity (Wildman–Crippen MR) is 121 cm³/mol. The van der Waals surface area contributed by atoms with Crippen molar-refractivity contribution in [1.29, 1.82) is 0 Å². The van der Waals surface area contributed by atoms with Crippen molar-refractivity contribution in [2.24, 2.45) is 16.7 Å². The zero-order valence-electron chi connectivity index (χ0n) is 18.0. The molecule has 1 nitrogen and oxygen atoms in total. The molecule has 4 rings (SSSR count). The van der Waals surface area contributed by atoms with Gasteiger partial charge in [0, 0.05) is 17.5 Å². The topological polar surface area (TPSA) is 12.0 Å². The number of allylic oxidation sites excluding steroid dienone is 8. The van der Waals surface area contributed by atoms with Gasteiger partial charge in [-0.15, -0.1) is 0 Å². The Morgan fingerprint density at radius 2 is 1.75 bits per heavy atom. The Kier molecular flexibility index (Phi) is 5.40. The lowest BCUT2D eigenvalue weighted by molar-refractivity contribution is 0.152. The summed E-state index contributed by atoms with van der Waals surface area (Å²) in [6, 6.07) is 0.497. The maximum absolute atomic E-state index is 4.01. The van der Waals surface area contributed by atoms with Crippen LogP contribution in [-0.2, 0) is 0 Å². The Bertz CT molecular complexity index is 763. The van der Waals surface area contributed by atoms with E-state index < -0.39 is 0 Å². The second kappa shape index (κ2) is 7.67. The minimum Gasteiger partial charge on any atom is -0.301 e. The molecule has 4 aliphatic rings. The third-order valence-electron chi connectivity index (χ3n) is 7.88. The third kappa shape index (κ3) is 3.66. The maximum Gasteiger partial charge on any atom is 0.0444 e. The summed E-state index contributed by atoms with van der Waals surface area (Å²) in [5.74, 6) is 0.444. The smallest absolute Gasteiger partial charge is 0.0444 e. The van der Waals surface area contributed by atoms with E-state index in [-0.39, 0.29) is 16.4 Å². The molecule has 0 bridgehead atoms. The average molecular weight is 376 g/mol. The molecule has 0 radical (unpaired) electrons. The first kappa shape index (κ1) is 19.7. The van der Waals surface area contributed by atoms with Crippen LogP contribution < -0.4 is 5.32 Å².